The molecule has 18 heavy (non-hydrogen) atoms. The highest BCUT2D eigenvalue weighted by atomic mass is 16.1. The number of aryl methyl sites for hydroxylation is 2. The van der Waals surface area contributed by atoms with Crippen LogP contribution in [0, 0.1) is 13.8 Å². The van der Waals surface area contributed by atoms with Gasteiger partial charge in [0.2, 0.25) is 5.95 Å². The lowest BCUT2D eigenvalue weighted by atomic mass is 10.1. The van der Waals surface area contributed by atoms with Crippen molar-refractivity contribution in [1.29, 1.82) is 0 Å². The van der Waals surface area contributed by atoms with Crippen molar-refractivity contribution >= 4 is 5.95 Å². The molecular weight excluding hydrogens is 228 g/mol. The number of nitrogens with zero attached hydrogens (tertiary/aromatic N) is 2. The molecule has 5 nitrogen and oxygen atoms in total. The molecule has 0 saturated carbocycles. The van der Waals surface area contributed by atoms with E-state index in [1.165, 1.54) is 11.1 Å². The highest BCUT2D eigenvalue weighted by molar-refractivity contribution is 5.28. The molecule has 2 rings (SSSR count). The van der Waals surface area contributed by atoms with Crippen LogP contribution in [0.3, 0.4) is 0 Å². The van der Waals surface area contributed by atoms with Crippen molar-refractivity contribution in [2.24, 2.45) is 0 Å². The summed E-state index contributed by atoms with van der Waals surface area (Å²) in [5.41, 5.74) is 2.72. The third kappa shape index (κ3) is 2.94. The molecule has 0 saturated heterocycles. The van der Waals surface area contributed by atoms with Gasteiger partial charge in [0.05, 0.1) is 0 Å². The van der Waals surface area contributed by atoms with Crippen molar-refractivity contribution < 1.29 is 0 Å². The number of aromatic nitrogens is 3. The molecule has 0 aliphatic carbocycles. The standard InChI is InChI=1S/C13H16N4O/c1-9-5-3-4-6-11(9)7-8-14-13-15-12(18)10(2)16-17-13/h3-6H,7-8H2,1-2H3,(H2,14,15,17,18). The van der Waals surface area contributed by atoms with E-state index in [0.29, 0.717) is 18.2 Å². The molecular formula is C13H16N4O. The number of aromatic amines is 1. The second-order valence-electron chi connectivity index (χ2n) is 4.19. The smallest absolute Gasteiger partial charge is 0.273 e. The molecule has 0 aliphatic heterocycles. The number of anilines is 1. The second-order valence-corrected chi connectivity index (χ2v) is 4.19. The summed E-state index contributed by atoms with van der Waals surface area (Å²) in [6.45, 7) is 4.42. The first kappa shape index (κ1) is 12.3. The zero-order valence-corrected chi connectivity index (χ0v) is 10.5. The normalized spacial score (nSPS) is 10.3. The lowest BCUT2D eigenvalue weighted by Gasteiger charge is -2.07. The minimum Gasteiger partial charge on any atom is -0.354 e. The Balaban J connectivity index is 1.95. The summed E-state index contributed by atoms with van der Waals surface area (Å²) in [6.07, 6.45) is 0.879. The summed E-state index contributed by atoms with van der Waals surface area (Å²) in [6, 6.07) is 8.23. The summed E-state index contributed by atoms with van der Waals surface area (Å²) in [5.74, 6) is 0.416. The van der Waals surface area contributed by atoms with E-state index < -0.39 is 0 Å². The van der Waals surface area contributed by atoms with E-state index in [1.54, 1.807) is 6.92 Å². The van der Waals surface area contributed by atoms with E-state index in [9.17, 15) is 4.79 Å². The fourth-order valence-electron chi connectivity index (χ4n) is 1.68. The molecule has 0 atom stereocenters. The van der Waals surface area contributed by atoms with Crippen LogP contribution in [0.25, 0.3) is 0 Å². The molecule has 0 bridgehead atoms. The zero-order valence-electron chi connectivity index (χ0n) is 10.5. The largest absolute Gasteiger partial charge is 0.354 e. The highest BCUT2D eigenvalue weighted by Crippen LogP contribution is 2.07. The summed E-state index contributed by atoms with van der Waals surface area (Å²) in [4.78, 5) is 14.0. The number of rotatable bonds is 4. The van der Waals surface area contributed by atoms with E-state index in [-0.39, 0.29) is 5.56 Å². The number of nitrogens with one attached hydrogen (secondary N) is 2. The molecule has 2 N–H and O–H groups in total. The molecule has 5 heteroatoms. The van der Waals surface area contributed by atoms with Gasteiger partial charge in [-0.25, -0.2) is 0 Å². The van der Waals surface area contributed by atoms with Crippen molar-refractivity contribution in [3.05, 3.63) is 51.4 Å². The topological polar surface area (TPSA) is 70.7 Å². The van der Waals surface area contributed by atoms with Crippen LogP contribution in [-0.2, 0) is 6.42 Å². The zero-order chi connectivity index (χ0) is 13.0. The summed E-state index contributed by atoms with van der Waals surface area (Å²) >= 11 is 0. The minimum absolute atomic E-state index is 0.205. The molecule has 0 aliphatic rings. The molecule has 0 spiro atoms. The van der Waals surface area contributed by atoms with Gasteiger partial charge in [-0.3, -0.25) is 9.78 Å². The number of benzene rings is 1. The molecule has 1 aromatic carbocycles. The van der Waals surface area contributed by atoms with Gasteiger partial charge in [-0.05, 0) is 31.4 Å². The maximum Gasteiger partial charge on any atom is 0.273 e. The van der Waals surface area contributed by atoms with E-state index in [2.05, 4.69) is 39.6 Å². The van der Waals surface area contributed by atoms with Crippen LogP contribution in [0.15, 0.2) is 29.1 Å². The maximum absolute atomic E-state index is 11.3. The second kappa shape index (κ2) is 5.44. The third-order valence-electron chi connectivity index (χ3n) is 2.81. The monoisotopic (exact) mass is 244 g/mol. The number of H-pyrrole nitrogens is 1. The van der Waals surface area contributed by atoms with E-state index in [1.807, 2.05) is 12.1 Å². The Morgan fingerprint density at radius 3 is 2.72 bits per heavy atom. The van der Waals surface area contributed by atoms with Crippen molar-refractivity contribution in [1.82, 2.24) is 15.2 Å². The first-order valence-corrected chi connectivity index (χ1v) is 5.89. The molecule has 94 valence electrons. The van der Waals surface area contributed by atoms with Gasteiger partial charge in [-0.1, -0.05) is 24.3 Å². The fourth-order valence-corrected chi connectivity index (χ4v) is 1.68. The molecule has 0 radical (unpaired) electrons. The van der Waals surface area contributed by atoms with Crippen LogP contribution >= 0.6 is 0 Å². The third-order valence-corrected chi connectivity index (χ3v) is 2.81. The Bertz CT molecular complexity index is 592. The first-order valence-electron chi connectivity index (χ1n) is 5.89. The summed E-state index contributed by atoms with van der Waals surface area (Å²) in [5, 5.41) is 10.7. The predicted molar refractivity (Wildman–Crippen MR) is 70.8 cm³/mol. The first-order chi connectivity index (χ1) is 8.66. The molecule has 2 aromatic rings. The van der Waals surface area contributed by atoms with Gasteiger partial charge in [0.25, 0.3) is 5.56 Å². The van der Waals surface area contributed by atoms with Crippen molar-refractivity contribution in [3.63, 3.8) is 0 Å². The van der Waals surface area contributed by atoms with E-state index in [0.717, 1.165) is 6.42 Å². The van der Waals surface area contributed by atoms with Crippen LogP contribution in [0.4, 0.5) is 5.95 Å². The maximum atomic E-state index is 11.3. The highest BCUT2D eigenvalue weighted by Gasteiger charge is 2.00. The van der Waals surface area contributed by atoms with Crippen LogP contribution in [0.1, 0.15) is 16.8 Å². The van der Waals surface area contributed by atoms with Gasteiger partial charge < -0.3 is 5.32 Å². The average molecular weight is 244 g/mol. The van der Waals surface area contributed by atoms with Crippen LogP contribution in [0.2, 0.25) is 0 Å². The molecule has 1 aromatic heterocycles. The Morgan fingerprint density at radius 2 is 2.00 bits per heavy atom. The van der Waals surface area contributed by atoms with Crippen molar-refractivity contribution in [2.45, 2.75) is 20.3 Å². The van der Waals surface area contributed by atoms with Crippen LogP contribution < -0.4 is 10.9 Å². The SMILES string of the molecule is Cc1ccccc1CCNc1nnc(C)c(=O)[nH]1. The summed E-state index contributed by atoms with van der Waals surface area (Å²) in [7, 11) is 0. The van der Waals surface area contributed by atoms with Gasteiger partial charge >= 0.3 is 0 Å². The van der Waals surface area contributed by atoms with Crippen LogP contribution in [-0.4, -0.2) is 21.7 Å². The van der Waals surface area contributed by atoms with E-state index in [4.69, 9.17) is 0 Å². The van der Waals surface area contributed by atoms with Gasteiger partial charge in [0.1, 0.15) is 5.69 Å². The lowest BCUT2D eigenvalue weighted by molar-refractivity contribution is 0.878. The van der Waals surface area contributed by atoms with Gasteiger partial charge in [0.15, 0.2) is 0 Å². The Hall–Kier alpha value is -2.17. The molecule has 0 amide bonds. The predicted octanol–water partition coefficient (Wildman–Crippen LogP) is 1.44. The fraction of sp³-hybridized carbons (Fsp3) is 0.308. The number of hydrogen-bond acceptors (Lipinski definition) is 4. The van der Waals surface area contributed by atoms with Gasteiger partial charge in [-0.2, -0.15) is 0 Å². The Labute approximate surface area is 105 Å². The van der Waals surface area contributed by atoms with Crippen molar-refractivity contribution in [3.8, 4) is 0 Å². The van der Waals surface area contributed by atoms with Gasteiger partial charge in [0, 0.05) is 6.54 Å². The van der Waals surface area contributed by atoms with Crippen molar-refractivity contribution in [2.75, 3.05) is 11.9 Å². The van der Waals surface area contributed by atoms with Gasteiger partial charge in [-0.15, -0.1) is 10.2 Å². The summed E-state index contributed by atoms with van der Waals surface area (Å²) < 4.78 is 0. The Morgan fingerprint density at radius 1 is 1.22 bits per heavy atom. The molecule has 0 unspecified atom stereocenters. The quantitative estimate of drug-likeness (QED) is 0.853. The van der Waals surface area contributed by atoms with E-state index >= 15 is 0 Å². The van der Waals surface area contributed by atoms with Crippen LogP contribution in [0.5, 0.6) is 0 Å². The number of hydrogen-bond donors (Lipinski definition) is 2. The molecule has 1 heterocycles. The minimum atomic E-state index is -0.205. The lowest BCUT2D eigenvalue weighted by Crippen LogP contribution is -2.18. The Kier molecular flexibility index (Phi) is 3.72. The molecule has 0 fully saturated rings. The average Bonchev–Trinajstić information content (AvgIpc) is 2.36.